The Morgan fingerprint density at radius 2 is 1.59 bits per heavy atom. The van der Waals surface area contributed by atoms with Gasteiger partial charge in [-0.15, -0.1) is 0 Å². The number of benzene rings is 2. The molecule has 0 aliphatic heterocycles. The zero-order valence-electron chi connectivity index (χ0n) is 9.76. The van der Waals surface area contributed by atoms with Crippen molar-refractivity contribution in [1.29, 1.82) is 0 Å². The van der Waals surface area contributed by atoms with Crippen molar-refractivity contribution < 1.29 is 0 Å². The number of aryl methyl sites for hydroxylation is 1. The minimum Gasteiger partial charge on any atom is -0.0795 e. The summed E-state index contributed by atoms with van der Waals surface area (Å²) in [6.45, 7) is 2.09. The maximum atomic E-state index is 5.36. The molecule has 2 aromatic carbocycles. The molecular weight excluding hydrogens is 224 g/mol. The molecule has 2 rings (SSSR count). The minimum absolute atomic E-state index is 0.867. The summed E-state index contributed by atoms with van der Waals surface area (Å²) in [6.07, 6.45) is 4.03. The molecule has 0 aromatic heterocycles. The lowest BCUT2D eigenvalue weighted by atomic mass is 10.1. The van der Waals surface area contributed by atoms with E-state index in [4.69, 9.17) is 12.2 Å². The van der Waals surface area contributed by atoms with Crippen molar-refractivity contribution in [3.05, 3.63) is 77.4 Å². The Kier molecular flexibility index (Phi) is 3.84. The van der Waals surface area contributed by atoms with Crippen molar-refractivity contribution in [3.63, 3.8) is 0 Å². The molecule has 1 heteroatoms. The van der Waals surface area contributed by atoms with E-state index in [0.29, 0.717) is 0 Å². The zero-order chi connectivity index (χ0) is 12.1. The number of hydrogen-bond acceptors (Lipinski definition) is 1. The smallest absolute Gasteiger partial charge is 0.0449 e. The number of hydrogen-bond donors (Lipinski definition) is 0. The predicted molar refractivity (Wildman–Crippen MR) is 78.4 cm³/mol. The van der Waals surface area contributed by atoms with Crippen molar-refractivity contribution in [2.24, 2.45) is 0 Å². The van der Waals surface area contributed by atoms with Gasteiger partial charge in [-0.1, -0.05) is 78.5 Å². The van der Waals surface area contributed by atoms with Crippen molar-refractivity contribution in [1.82, 2.24) is 0 Å². The molecule has 0 nitrogen and oxygen atoms in total. The largest absolute Gasteiger partial charge is 0.0795 e. The van der Waals surface area contributed by atoms with Crippen LogP contribution in [0.1, 0.15) is 16.7 Å². The van der Waals surface area contributed by atoms with Gasteiger partial charge in [0.25, 0.3) is 0 Å². The van der Waals surface area contributed by atoms with E-state index in [-0.39, 0.29) is 0 Å². The fourth-order valence-electron chi connectivity index (χ4n) is 1.55. The molecule has 0 N–H and O–H groups in total. The van der Waals surface area contributed by atoms with E-state index in [1.165, 1.54) is 11.1 Å². The van der Waals surface area contributed by atoms with E-state index in [1.54, 1.807) is 0 Å². The van der Waals surface area contributed by atoms with Crippen LogP contribution in [0, 0.1) is 6.92 Å². The third kappa shape index (κ3) is 3.36. The Labute approximate surface area is 108 Å². The van der Waals surface area contributed by atoms with Crippen LogP contribution in [0.4, 0.5) is 0 Å². The quantitative estimate of drug-likeness (QED) is 0.433. The average molecular weight is 238 g/mol. The van der Waals surface area contributed by atoms with E-state index in [2.05, 4.69) is 37.3 Å². The molecule has 0 atom stereocenters. The van der Waals surface area contributed by atoms with Crippen LogP contribution >= 0.6 is 12.2 Å². The summed E-state index contributed by atoms with van der Waals surface area (Å²) in [7, 11) is 0. The van der Waals surface area contributed by atoms with Crippen molar-refractivity contribution in [2.45, 2.75) is 6.92 Å². The van der Waals surface area contributed by atoms with Gasteiger partial charge in [0.2, 0.25) is 0 Å². The van der Waals surface area contributed by atoms with Gasteiger partial charge in [0, 0.05) is 4.86 Å². The van der Waals surface area contributed by atoms with Crippen LogP contribution in [0.5, 0.6) is 0 Å². The van der Waals surface area contributed by atoms with Crippen LogP contribution in [-0.4, -0.2) is 4.86 Å². The van der Waals surface area contributed by atoms with Crippen LogP contribution < -0.4 is 0 Å². The van der Waals surface area contributed by atoms with Gasteiger partial charge in [0.05, 0.1) is 0 Å². The second kappa shape index (κ2) is 5.55. The van der Waals surface area contributed by atoms with Crippen LogP contribution in [0.25, 0.3) is 6.08 Å². The first-order valence-corrected chi connectivity index (χ1v) is 6.01. The number of thiocarbonyl (C=S) groups is 1. The Morgan fingerprint density at radius 1 is 0.941 bits per heavy atom. The van der Waals surface area contributed by atoms with Gasteiger partial charge in [0.1, 0.15) is 0 Å². The molecule has 0 spiro atoms. The van der Waals surface area contributed by atoms with Crippen LogP contribution in [0.15, 0.2) is 60.7 Å². The maximum Gasteiger partial charge on any atom is 0.0449 e. The Hall–Kier alpha value is -1.73. The van der Waals surface area contributed by atoms with Gasteiger partial charge in [-0.2, -0.15) is 0 Å². The maximum absolute atomic E-state index is 5.36. The topological polar surface area (TPSA) is 0 Å². The van der Waals surface area contributed by atoms with Crippen molar-refractivity contribution >= 4 is 23.2 Å². The lowest BCUT2D eigenvalue weighted by molar-refractivity contribution is 1.46. The predicted octanol–water partition coefficient (Wildman–Crippen LogP) is 4.43. The fraction of sp³-hybridized carbons (Fsp3) is 0.0625. The summed E-state index contributed by atoms with van der Waals surface area (Å²) >= 11 is 5.36. The summed E-state index contributed by atoms with van der Waals surface area (Å²) in [5, 5.41) is 0. The summed E-state index contributed by atoms with van der Waals surface area (Å²) in [5.74, 6) is 0. The first-order chi connectivity index (χ1) is 8.25. The van der Waals surface area contributed by atoms with Gasteiger partial charge >= 0.3 is 0 Å². The Bertz CT molecular complexity index is 521. The van der Waals surface area contributed by atoms with Crippen molar-refractivity contribution in [3.8, 4) is 0 Å². The minimum atomic E-state index is 0.867. The molecule has 0 heterocycles. The monoisotopic (exact) mass is 238 g/mol. The summed E-state index contributed by atoms with van der Waals surface area (Å²) in [6, 6.07) is 18.5. The highest BCUT2D eigenvalue weighted by Crippen LogP contribution is 2.08. The van der Waals surface area contributed by atoms with E-state index in [0.717, 1.165) is 10.4 Å². The highest BCUT2D eigenvalue weighted by Gasteiger charge is 1.94. The van der Waals surface area contributed by atoms with Gasteiger partial charge in [-0.25, -0.2) is 0 Å². The first kappa shape index (κ1) is 11.7. The number of allylic oxidation sites excluding steroid dienone is 1. The molecular formula is C16H14S. The van der Waals surface area contributed by atoms with Crippen LogP contribution in [0.3, 0.4) is 0 Å². The Balaban J connectivity index is 2.11. The van der Waals surface area contributed by atoms with Crippen molar-refractivity contribution in [2.75, 3.05) is 0 Å². The molecule has 0 aliphatic carbocycles. The van der Waals surface area contributed by atoms with E-state index in [9.17, 15) is 0 Å². The van der Waals surface area contributed by atoms with Gasteiger partial charge in [-0.05, 0) is 24.1 Å². The fourth-order valence-corrected chi connectivity index (χ4v) is 1.75. The molecule has 0 radical (unpaired) electrons. The normalized spacial score (nSPS) is 10.6. The Morgan fingerprint density at radius 3 is 2.24 bits per heavy atom. The first-order valence-electron chi connectivity index (χ1n) is 5.60. The molecule has 84 valence electrons. The highest BCUT2D eigenvalue weighted by molar-refractivity contribution is 7.81. The average Bonchev–Trinajstić information content (AvgIpc) is 2.39. The summed E-state index contributed by atoms with van der Waals surface area (Å²) in [4.78, 5) is 0.867. The lowest BCUT2D eigenvalue weighted by Gasteiger charge is -1.98. The van der Waals surface area contributed by atoms with Crippen LogP contribution in [0.2, 0.25) is 0 Å². The zero-order valence-corrected chi connectivity index (χ0v) is 10.6. The summed E-state index contributed by atoms with van der Waals surface area (Å²) in [5.41, 5.74) is 3.53. The van der Waals surface area contributed by atoms with E-state index in [1.807, 2.05) is 36.4 Å². The lowest BCUT2D eigenvalue weighted by Crippen LogP contribution is -1.90. The second-order valence-corrected chi connectivity index (χ2v) is 4.41. The molecule has 17 heavy (non-hydrogen) atoms. The number of rotatable bonds is 3. The molecule has 0 saturated carbocycles. The molecule has 0 unspecified atom stereocenters. The molecule has 2 aromatic rings. The standard InChI is InChI=1S/C16H14S/c1-13-7-9-14(10-8-13)11-12-16(17)15-5-3-2-4-6-15/h2-12H,1H3. The van der Waals surface area contributed by atoms with E-state index >= 15 is 0 Å². The third-order valence-electron chi connectivity index (χ3n) is 2.56. The van der Waals surface area contributed by atoms with Gasteiger partial charge in [-0.3, -0.25) is 0 Å². The second-order valence-electron chi connectivity index (χ2n) is 3.97. The molecule has 0 saturated heterocycles. The van der Waals surface area contributed by atoms with Gasteiger partial charge < -0.3 is 0 Å². The van der Waals surface area contributed by atoms with Gasteiger partial charge in [0.15, 0.2) is 0 Å². The highest BCUT2D eigenvalue weighted by atomic mass is 32.1. The third-order valence-corrected chi connectivity index (χ3v) is 2.93. The SMILES string of the molecule is Cc1ccc(C=CC(=S)c2ccccc2)cc1. The van der Waals surface area contributed by atoms with E-state index < -0.39 is 0 Å². The van der Waals surface area contributed by atoms with Crippen LogP contribution in [-0.2, 0) is 0 Å². The molecule has 0 bridgehead atoms. The molecule has 0 fully saturated rings. The molecule has 0 aliphatic rings. The molecule has 0 amide bonds. The summed E-state index contributed by atoms with van der Waals surface area (Å²) < 4.78 is 0.